The second-order valence-corrected chi connectivity index (χ2v) is 4.85. The summed E-state index contributed by atoms with van der Waals surface area (Å²) in [5.41, 5.74) is 2.26. The summed E-state index contributed by atoms with van der Waals surface area (Å²) < 4.78 is 0. The Morgan fingerprint density at radius 2 is 1.95 bits per heavy atom. The summed E-state index contributed by atoms with van der Waals surface area (Å²) in [6, 6.07) is 8.03. The van der Waals surface area contributed by atoms with Crippen LogP contribution in [-0.4, -0.2) is 49.3 Å². The molecule has 0 spiro atoms. The fraction of sp³-hybridized carbons (Fsp3) is 0.400. The Kier molecular flexibility index (Phi) is 5.01. The van der Waals surface area contributed by atoms with E-state index in [4.69, 9.17) is 5.11 Å². The summed E-state index contributed by atoms with van der Waals surface area (Å²) in [6.45, 7) is 2.73. The zero-order valence-electron chi connectivity index (χ0n) is 11.7. The third-order valence-corrected chi connectivity index (χ3v) is 3.35. The van der Waals surface area contributed by atoms with E-state index in [9.17, 15) is 4.79 Å². The van der Waals surface area contributed by atoms with Crippen LogP contribution in [0.15, 0.2) is 36.4 Å². The van der Waals surface area contributed by atoms with Crippen LogP contribution in [0.2, 0.25) is 0 Å². The van der Waals surface area contributed by atoms with E-state index in [1.165, 1.54) is 10.6 Å². The molecule has 0 unspecified atom stereocenters. The van der Waals surface area contributed by atoms with Crippen LogP contribution in [0.25, 0.3) is 0 Å². The molecule has 1 aliphatic rings. The van der Waals surface area contributed by atoms with Crippen molar-refractivity contribution in [1.82, 2.24) is 10.2 Å². The van der Waals surface area contributed by atoms with Gasteiger partial charge >= 0.3 is 6.03 Å². The molecule has 0 fully saturated rings. The van der Waals surface area contributed by atoms with Crippen LogP contribution < -0.4 is 10.2 Å². The Bertz CT molecular complexity index is 463. The van der Waals surface area contributed by atoms with Crippen LogP contribution >= 0.6 is 0 Å². The number of rotatable bonds is 5. The van der Waals surface area contributed by atoms with Crippen LogP contribution in [0, 0.1) is 0 Å². The van der Waals surface area contributed by atoms with Gasteiger partial charge in [0.05, 0.1) is 6.61 Å². The predicted molar refractivity (Wildman–Crippen MR) is 79.7 cm³/mol. The average Bonchev–Trinajstić information content (AvgIpc) is 2.99. The van der Waals surface area contributed by atoms with Gasteiger partial charge in [-0.3, -0.25) is 0 Å². The first-order valence-corrected chi connectivity index (χ1v) is 6.79. The van der Waals surface area contributed by atoms with Gasteiger partial charge in [0.15, 0.2) is 0 Å². The Hall–Kier alpha value is -2.01. The third-order valence-electron chi connectivity index (χ3n) is 3.35. The topological polar surface area (TPSA) is 55.8 Å². The molecule has 2 N–H and O–H groups in total. The van der Waals surface area contributed by atoms with Gasteiger partial charge in [0.1, 0.15) is 0 Å². The molecule has 1 aromatic carbocycles. The van der Waals surface area contributed by atoms with Gasteiger partial charge in [-0.25, -0.2) is 4.79 Å². The number of likely N-dealkylation sites (N-methyl/N-ethyl adjacent to an activating group) is 1. The molecule has 5 nitrogen and oxygen atoms in total. The lowest BCUT2D eigenvalue weighted by Gasteiger charge is -2.19. The fourth-order valence-electron chi connectivity index (χ4n) is 2.08. The lowest BCUT2D eigenvalue weighted by molar-refractivity contribution is 0.190. The lowest BCUT2D eigenvalue weighted by Crippen LogP contribution is -2.38. The van der Waals surface area contributed by atoms with Crippen LogP contribution in [-0.2, 0) is 6.54 Å². The Morgan fingerprint density at radius 3 is 2.55 bits per heavy atom. The number of anilines is 1. The van der Waals surface area contributed by atoms with Crippen LogP contribution in [0.3, 0.4) is 0 Å². The quantitative estimate of drug-likeness (QED) is 0.794. The van der Waals surface area contributed by atoms with Gasteiger partial charge in [0, 0.05) is 38.9 Å². The van der Waals surface area contributed by atoms with E-state index in [0.717, 1.165) is 18.7 Å². The lowest BCUT2D eigenvalue weighted by atomic mass is 10.2. The van der Waals surface area contributed by atoms with Crippen molar-refractivity contribution in [1.29, 1.82) is 0 Å². The number of amides is 2. The second kappa shape index (κ2) is 6.96. The van der Waals surface area contributed by atoms with Gasteiger partial charge in [-0.05, 0) is 17.7 Å². The van der Waals surface area contributed by atoms with E-state index >= 15 is 0 Å². The second-order valence-electron chi connectivity index (χ2n) is 4.85. The predicted octanol–water partition coefficient (Wildman–Crippen LogP) is 1.20. The first-order valence-electron chi connectivity index (χ1n) is 6.79. The van der Waals surface area contributed by atoms with Crippen molar-refractivity contribution in [2.45, 2.75) is 6.54 Å². The molecular weight excluding hydrogens is 254 g/mol. The highest BCUT2D eigenvalue weighted by Crippen LogP contribution is 2.17. The van der Waals surface area contributed by atoms with Crippen molar-refractivity contribution in [2.75, 3.05) is 38.2 Å². The Balaban J connectivity index is 1.83. The third kappa shape index (κ3) is 3.74. The number of nitrogens with one attached hydrogen (secondary N) is 1. The molecule has 0 radical (unpaired) electrons. The maximum absolute atomic E-state index is 11.7. The van der Waals surface area contributed by atoms with E-state index in [2.05, 4.69) is 34.5 Å². The molecule has 0 saturated carbocycles. The molecule has 1 aromatic rings. The van der Waals surface area contributed by atoms with Crippen molar-refractivity contribution < 1.29 is 9.90 Å². The first-order chi connectivity index (χ1) is 9.70. The molecule has 20 heavy (non-hydrogen) atoms. The zero-order valence-corrected chi connectivity index (χ0v) is 11.7. The van der Waals surface area contributed by atoms with Crippen molar-refractivity contribution in [3.63, 3.8) is 0 Å². The monoisotopic (exact) mass is 275 g/mol. The normalized spacial score (nSPS) is 13.6. The van der Waals surface area contributed by atoms with Gasteiger partial charge in [-0.2, -0.15) is 0 Å². The molecule has 0 bridgehead atoms. The molecule has 0 aromatic heterocycles. The SMILES string of the molecule is CN(CCO)C(=O)NCc1ccc(N2CC=CC2)cc1. The van der Waals surface area contributed by atoms with Crippen molar-refractivity contribution in [2.24, 2.45) is 0 Å². The van der Waals surface area contributed by atoms with Crippen molar-refractivity contribution >= 4 is 11.7 Å². The molecule has 5 heteroatoms. The number of carbonyl (C=O) groups is 1. The fourth-order valence-corrected chi connectivity index (χ4v) is 2.08. The van der Waals surface area contributed by atoms with Crippen molar-refractivity contribution in [3.8, 4) is 0 Å². The Labute approximate surface area is 119 Å². The molecule has 2 amide bonds. The minimum absolute atomic E-state index is 0.0253. The van der Waals surface area contributed by atoms with Crippen molar-refractivity contribution in [3.05, 3.63) is 42.0 Å². The summed E-state index contributed by atoms with van der Waals surface area (Å²) in [4.78, 5) is 15.4. The number of carbonyl (C=O) groups excluding carboxylic acids is 1. The smallest absolute Gasteiger partial charge is 0.317 e. The van der Waals surface area contributed by atoms with Crippen LogP contribution in [0.4, 0.5) is 10.5 Å². The number of hydrogen-bond acceptors (Lipinski definition) is 3. The number of nitrogens with zero attached hydrogens (tertiary/aromatic N) is 2. The van der Waals surface area contributed by atoms with E-state index in [-0.39, 0.29) is 12.6 Å². The minimum Gasteiger partial charge on any atom is -0.395 e. The molecular formula is C15H21N3O2. The maximum atomic E-state index is 11.7. The number of aliphatic hydroxyl groups is 1. The van der Waals surface area contributed by atoms with Gasteiger partial charge in [-0.1, -0.05) is 24.3 Å². The Morgan fingerprint density at radius 1 is 1.30 bits per heavy atom. The highest BCUT2D eigenvalue weighted by Gasteiger charge is 2.08. The van der Waals surface area contributed by atoms with Crippen LogP contribution in [0.5, 0.6) is 0 Å². The molecule has 108 valence electrons. The number of aliphatic hydroxyl groups excluding tert-OH is 1. The number of hydrogen-bond donors (Lipinski definition) is 2. The molecule has 0 aliphatic carbocycles. The number of urea groups is 1. The van der Waals surface area contributed by atoms with E-state index in [1.54, 1.807) is 7.05 Å². The molecule has 1 aliphatic heterocycles. The van der Waals surface area contributed by atoms with E-state index < -0.39 is 0 Å². The highest BCUT2D eigenvalue weighted by molar-refractivity contribution is 5.73. The highest BCUT2D eigenvalue weighted by atomic mass is 16.3. The average molecular weight is 275 g/mol. The zero-order chi connectivity index (χ0) is 14.4. The van der Waals surface area contributed by atoms with Gasteiger partial charge in [0.2, 0.25) is 0 Å². The summed E-state index contributed by atoms with van der Waals surface area (Å²) in [6.07, 6.45) is 4.32. The number of benzene rings is 1. The molecule has 1 heterocycles. The standard InChI is InChI=1S/C15H21N3O2/c1-17(10-11-19)15(20)16-12-13-4-6-14(7-5-13)18-8-2-3-9-18/h2-7,19H,8-12H2,1H3,(H,16,20). The summed E-state index contributed by atoms with van der Waals surface area (Å²) >= 11 is 0. The van der Waals surface area contributed by atoms with Gasteiger partial charge < -0.3 is 20.2 Å². The van der Waals surface area contributed by atoms with E-state index in [1.807, 2.05) is 12.1 Å². The van der Waals surface area contributed by atoms with Gasteiger partial charge in [-0.15, -0.1) is 0 Å². The first kappa shape index (κ1) is 14.4. The summed E-state index contributed by atoms with van der Waals surface area (Å²) in [5, 5.41) is 11.6. The maximum Gasteiger partial charge on any atom is 0.317 e. The largest absolute Gasteiger partial charge is 0.395 e. The van der Waals surface area contributed by atoms with Crippen LogP contribution in [0.1, 0.15) is 5.56 Å². The molecule has 0 atom stereocenters. The minimum atomic E-state index is -0.174. The summed E-state index contributed by atoms with van der Waals surface area (Å²) in [5.74, 6) is 0. The van der Waals surface area contributed by atoms with Gasteiger partial charge in [0.25, 0.3) is 0 Å². The summed E-state index contributed by atoms with van der Waals surface area (Å²) in [7, 11) is 1.66. The molecule has 0 saturated heterocycles. The van der Waals surface area contributed by atoms with E-state index in [0.29, 0.717) is 13.1 Å². The molecule has 2 rings (SSSR count).